The number of amides is 1. The molecule has 25 heavy (non-hydrogen) atoms. The van der Waals surface area contributed by atoms with Crippen molar-refractivity contribution in [1.29, 1.82) is 0 Å². The lowest BCUT2D eigenvalue weighted by atomic mass is 9.98. The molecule has 0 atom stereocenters. The maximum absolute atomic E-state index is 12.5. The second kappa shape index (κ2) is 8.01. The first-order chi connectivity index (χ1) is 11.8. The lowest BCUT2D eigenvalue weighted by Gasteiger charge is -2.07. The molecule has 0 aliphatic rings. The van der Waals surface area contributed by atoms with Crippen LogP contribution in [0.4, 0.5) is 5.69 Å². The van der Waals surface area contributed by atoms with Crippen molar-refractivity contribution in [3.05, 3.63) is 53.0 Å². The van der Waals surface area contributed by atoms with Gasteiger partial charge in [-0.2, -0.15) is 0 Å². The van der Waals surface area contributed by atoms with Crippen molar-refractivity contribution in [2.75, 3.05) is 11.9 Å². The van der Waals surface area contributed by atoms with Gasteiger partial charge in [0.1, 0.15) is 5.76 Å². The number of carbonyl (C=O) groups is 2. The molecule has 0 radical (unpaired) electrons. The molecule has 0 unspecified atom stereocenters. The van der Waals surface area contributed by atoms with Gasteiger partial charge in [0.15, 0.2) is 5.76 Å². The van der Waals surface area contributed by atoms with Crippen LogP contribution in [-0.4, -0.2) is 18.5 Å². The fraction of sp³-hybridized carbons (Fsp3) is 0.400. The summed E-state index contributed by atoms with van der Waals surface area (Å²) in [7, 11) is 0. The van der Waals surface area contributed by atoms with E-state index in [0.717, 1.165) is 11.3 Å². The summed E-state index contributed by atoms with van der Waals surface area (Å²) in [5.41, 5.74) is 1.95. The Hall–Kier alpha value is -2.56. The summed E-state index contributed by atoms with van der Waals surface area (Å²) in [6.07, 6.45) is 0. The Balaban J connectivity index is 2.21. The third kappa shape index (κ3) is 4.50. The molecule has 5 nitrogen and oxygen atoms in total. The van der Waals surface area contributed by atoms with Gasteiger partial charge in [0, 0.05) is 11.6 Å². The highest BCUT2D eigenvalue weighted by atomic mass is 16.5. The summed E-state index contributed by atoms with van der Waals surface area (Å²) in [6.45, 7) is 10.3. The Kier molecular flexibility index (Phi) is 6.02. The first kappa shape index (κ1) is 18.8. The van der Waals surface area contributed by atoms with E-state index >= 15 is 0 Å². The molecule has 0 spiro atoms. The van der Waals surface area contributed by atoms with E-state index in [1.807, 2.05) is 13.8 Å². The number of ether oxygens (including phenoxy) is 1. The molecule has 0 fully saturated rings. The molecular formula is C20H25NO4. The smallest absolute Gasteiger partial charge is 0.338 e. The van der Waals surface area contributed by atoms with Crippen LogP contribution in [0.2, 0.25) is 0 Å². The van der Waals surface area contributed by atoms with Crippen LogP contribution in [0, 0.1) is 0 Å². The maximum atomic E-state index is 12.5. The molecule has 0 saturated heterocycles. The molecule has 1 heterocycles. The van der Waals surface area contributed by atoms with Crippen molar-refractivity contribution in [2.45, 2.75) is 46.5 Å². The molecule has 134 valence electrons. The van der Waals surface area contributed by atoms with Gasteiger partial charge in [0.25, 0.3) is 5.91 Å². The van der Waals surface area contributed by atoms with Crippen LogP contribution in [0.1, 0.15) is 78.7 Å². The minimum absolute atomic E-state index is 0.200. The highest BCUT2D eigenvalue weighted by molar-refractivity contribution is 6.03. The standard InChI is InChI=1S/C20H25NO4/c1-6-24-20(23)14-8-7-9-15(10-14)21-19(22)17-11-16(12(2)3)18(25-17)13(4)5/h7-13H,6H2,1-5H3,(H,21,22). The number of hydrogen-bond donors (Lipinski definition) is 1. The zero-order valence-electron chi connectivity index (χ0n) is 15.4. The molecule has 1 N–H and O–H groups in total. The van der Waals surface area contributed by atoms with E-state index in [2.05, 4.69) is 19.2 Å². The molecule has 0 aliphatic heterocycles. The van der Waals surface area contributed by atoms with Gasteiger partial charge in [-0.3, -0.25) is 4.79 Å². The second-order valence-electron chi connectivity index (χ2n) is 6.50. The molecule has 0 aliphatic carbocycles. The minimum atomic E-state index is -0.416. The normalized spacial score (nSPS) is 11.0. The van der Waals surface area contributed by atoms with Crippen LogP contribution < -0.4 is 5.32 Å². The van der Waals surface area contributed by atoms with Gasteiger partial charge < -0.3 is 14.5 Å². The molecule has 2 rings (SSSR count). The molecule has 0 saturated carbocycles. The fourth-order valence-electron chi connectivity index (χ4n) is 2.56. The predicted octanol–water partition coefficient (Wildman–Crippen LogP) is 4.96. The highest BCUT2D eigenvalue weighted by Gasteiger charge is 2.21. The third-order valence-corrected chi connectivity index (χ3v) is 3.79. The van der Waals surface area contributed by atoms with Crippen molar-refractivity contribution >= 4 is 17.6 Å². The lowest BCUT2D eigenvalue weighted by Crippen LogP contribution is -2.12. The van der Waals surface area contributed by atoms with Crippen LogP contribution in [0.5, 0.6) is 0 Å². The summed E-state index contributed by atoms with van der Waals surface area (Å²) < 4.78 is 10.8. The quantitative estimate of drug-likeness (QED) is 0.753. The van der Waals surface area contributed by atoms with E-state index in [9.17, 15) is 9.59 Å². The van der Waals surface area contributed by atoms with Gasteiger partial charge in [-0.15, -0.1) is 0 Å². The van der Waals surface area contributed by atoms with E-state index < -0.39 is 5.97 Å². The lowest BCUT2D eigenvalue weighted by molar-refractivity contribution is 0.0526. The maximum Gasteiger partial charge on any atom is 0.338 e. The van der Waals surface area contributed by atoms with Crippen LogP contribution >= 0.6 is 0 Å². The zero-order chi connectivity index (χ0) is 18.6. The Bertz CT molecular complexity index is 733. The van der Waals surface area contributed by atoms with Gasteiger partial charge in [-0.25, -0.2) is 4.79 Å². The number of nitrogens with one attached hydrogen (secondary N) is 1. The average Bonchev–Trinajstić information content (AvgIpc) is 3.01. The number of anilines is 1. The SMILES string of the molecule is CCOC(=O)c1cccc(NC(=O)c2cc(C(C)C)c(C(C)C)o2)c1. The van der Waals surface area contributed by atoms with Crippen LogP contribution in [0.3, 0.4) is 0 Å². The number of carbonyl (C=O) groups excluding carboxylic acids is 2. The molecule has 5 heteroatoms. The molecule has 1 aromatic heterocycles. The van der Waals surface area contributed by atoms with E-state index in [0.29, 0.717) is 17.9 Å². The Morgan fingerprint density at radius 1 is 1.12 bits per heavy atom. The predicted molar refractivity (Wildman–Crippen MR) is 97.2 cm³/mol. The van der Waals surface area contributed by atoms with Crippen molar-refractivity contribution in [3.63, 3.8) is 0 Å². The third-order valence-electron chi connectivity index (χ3n) is 3.79. The number of rotatable bonds is 6. The number of esters is 1. The minimum Gasteiger partial charge on any atom is -0.462 e. The summed E-state index contributed by atoms with van der Waals surface area (Å²) in [6, 6.07) is 8.45. The first-order valence-electron chi connectivity index (χ1n) is 8.55. The summed E-state index contributed by atoms with van der Waals surface area (Å²) >= 11 is 0. The fourth-order valence-corrected chi connectivity index (χ4v) is 2.56. The van der Waals surface area contributed by atoms with E-state index in [-0.39, 0.29) is 23.5 Å². The zero-order valence-corrected chi connectivity index (χ0v) is 15.4. The molecular weight excluding hydrogens is 318 g/mol. The molecule has 2 aromatic rings. The number of furan rings is 1. The van der Waals surface area contributed by atoms with E-state index in [4.69, 9.17) is 9.15 Å². The van der Waals surface area contributed by atoms with Crippen LogP contribution in [0.15, 0.2) is 34.7 Å². The van der Waals surface area contributed by atoms with Crippen molar-refractivity contribution < 1.29 is 18.7 Å². The van der Waals surface area contributed by atoms with E-state index in [1.54, 1.807) is 37.3 Å². The topological polar surface area (TPSA) is 68.5 Å². The Labute approximate surface area is 148 Å². The summed E-state index contributed by atoms with van der Waals surface area (Å²) in [5.74, 6) is 0.825. The molecule has 1 aromatic carbocycles. The largest absolute Gasteiger partial charge is 0.462 e. The van der Waals surface area contributed by atoms with Gasteiger partial charge in [-0.1, -0.05) is 33.8 Å². The van der Waals surface area contributed by atoms with Crippen LogP contribution in [-0.2, 0) is 4.74 Å². The highest BCUT2D eigenvalue weighted by Crippen LogP contribution is 2.29. The van der Waals surface area contributed by atoms with Gasteiger partial charge in [0.05, 0.1) is 12.2 Å². The summed E-state index contributed by atoms with van der Waals surface area (Å²) in [4.78, 5) is 24.3. The Morgan fingerprint density at radius 3 is 2.40 bits per heavy atom. The van der Waals surface area contributed by atoms with Gasteiger partial charge in [-0.05, 0) is 42.7 Å². The van der Waals surface area contributed by atoms with Crippen molar-refractivity contribution in [1.82, 2.24) is 0 Å². The second-order valence-corrected chi connectivity index (χ2v) is 6.50. The van der Waals surface area contributed by atoms with Gasteiger partial charge in [0.2, 0.25) is 0 Å². The molecule has 1 amide bonds. The first-order valence-corrected chi connectivity index (χ1v) is 8.55. The van der Waals surface area contributed by atoms with Crippen molar-refractivity contribution in [2.24, 2.45) is 0 Å². The Morgan fingerprint density at radius 2 is 1.84 bits per heavy atom. The number of benzene rings is 1. The average molecular weight is 343 g/mol. The molecule has 0 bridgehead atoms. The summed E-state index contributed by atoms with van der Waals surface area (Å²) in [5, 5.41) is 2.77. The van der Waals surface area contributed by atoms with Crippen molar-refractivity contribution in [3.8, 4) is 0 Å². The van der Waals surface area contributed by atoms with E-state index in [1.165, 1.54) is 0 Å². The monoisotopic (exact) mass is 343 g/mol. The van der Waals surface area contributed by atoms with Crippen LogP contribution in [0.25, 0.3) is 0 Å². The number of hydrogen-bond acceptors (Lipinski definition) is 4. The van der Waals surface area contributed by atoms with Gasteiger partial charge >= 0.3 is 5.97 Å².